The molecule has 0 bridgehead atoms. The smallest absolute Gasteiger partial charge is 0.454 e. The summed E-state index contributed by atoms with van der Waals surface area (Å²) in [5.74, 6) is -1.88. The fourth-order valence-corrected chi connectivity index (χ4v) is 2.35. The number of hydrogen-bond donors (Lipinski definition) is 2. The number of carbonyl (C=O) groups is 2. The van der Waals surface area contributed by atoms with Gasteiger partial charge in [0.2, 0.25) is 0 Å². The highest BCUT2D eigenvalue weighted by Crippen LogP contribution is 2.30. The number of allylic oxidation sites excluding steroid dienone is 2. The maximum absolute atomic E-state index is 12.5. The number of para-hydroxylation sites is 1. The molecule has 1 aromatic carbocycles. The van der Waals surface area contributed by atoms with Gasteiger partial charge in [0, 0.05) is 11.3 Å². The van der Waals surface area contributed by atoms with Crippen LogP contribution in [0.25, 0.3) is 0 Å². The monoisotopic (exact) mass is 342 g/mol. The normalized spacial score (nSPS) is 14.5. The van der Waals surface area contributed by atoms with E-state index in [1.54, 1.807) is 12.1 Å². The van der Waals surface area contributed by atoms with Crippen molar-refractivity contribution in [3.8, 4) is 5.75 Å². The summed E-state index contributed by atoms with van der Waals surface area (Å²) >= 11 is 0. The van der Waals surface area contributed by atoms with Crippen LogP contribution in [0.15, 0.2) is 35.5 Å². The molecule has 5 nitrogen and oxygen atoms in total. The van der Waals surface area contributed by atoms with Crippen LogP contribution in [0.4, 0.5) is 13.2 Å². The van der Waals surface area contributed by atoms with Crippen LogP contribution in [-0.2, 0) is 9.59 Å². The van der Waals surface area contributed by atoms with Gasteiger partial charge < -0.3 is 10.2 Å². The van der Waals surface area contributed by atoms with Crippen LogP contribution in [0.2, 0.25) is 0 Å². The van der Waals surface area contributed by atoms with E-state index in [0.29, 0.717) is 12.2 Å². The Morgan fingerprint density at radius 2 is 1.92 bits per heavy atom. The zero-order chi connectivity index (χ0) is 17.7. The quantitative estimate of drug-likeness (QED) is 0.780. The fourth-order valence-electron chi connectivity index (χ4n) is 2.35. The minimum absolute atomic E-state index is 0.0380. The van der Waals surface area contributed by atoms with Crippen molar-refractivity contribution in [1.29, 1.82) is 0 Å². The summed E-state index contributed by atoms with van der Waals surface area (Å²) in [6.45, 7) is 1.53. The highest BCUT2D eigenvalue weighted by Gasteiger charge is 2.42. The summed E-state index contributed by atoms with van der Waals surface area (Å²) in [6, 6.07) is 7.12. The van der Waals surface area contributed by atoms with Gasteiger partial charge in [0.05, 0.1) is 0 Å². The summed E-state index contributed by atoms with van der Waals surface area (Å²) in [7, 11) is 0. The first-order valence-electron chi connectivity index (χ1n) is 7.36. The van der Waals surface area contributed by atoms with E-state index in [2.05, 4.69) is 10.9 Å². The number of Topliss-reactive ketones (excluding diaryl/α,β-unsaturated/α-hetero) is 1. The minimum atomic E-state index is -4.91. The number of hydrogen-bond acceptors (Lipinski definition) is 4. The Balaban J connectivity index is 1.89. The predicted molar refractivity (Wildman–Crippen MR) is 79.9 cm³/mol. The number of halogens is 3. The average molecular weight is 342 g/mol. The molecule has 0 atom stereocenters. The SMILES string of the molecule is Cc1ccccc1OCC(=O)NNC1=C(C(=O)C(F)(F)F)CCC1. The third-order valence-corrected chi connectivity index (χ3v) is 3.55. The van der Waals surface area contributed by atoms with Gasteiger partial charge in [-0.1, -0.05) is 18.2 Å². The van der Waals surface area contributed by atoms with Gasteiger partial charge in [-0.15, -0.1) is 0 Å². The van der Waals surface area contributed by atoms with Gasteiger partial charge in [0.15, 0.2) is 6.61 Å². The molecule has 8 heteroatoms. The molecule has 1 aliphatic rings. The fraction of sp³-hybridized carbons (Fsp3) is 0.375. The maximum atomic E-state index is 12.5. The summed E-state index contributed by atoms with van der Waals surface area (Å²) in [4.78, 5) is 23.0. The van der Waals surface area contributed by atoms with E-state index in [-0.39, 0.29) is 30.7 Å². The molecular formula is C16H17F3N2O3. The molecule has 0 aromatic heterocycles. The second-order valence-electron chi connectivity index (χ2n) is 5.36. The van der Waals surface area contributed by atoms with Crippen LogP contribution in [0, 0.1) is 6.92 Å². The summed E-state index contributed by atoms with van der Waals surface area (Å²) in [5.41, 5.74) is 5.30. The van der Waals surface area contributed by atoms with E-state index in [9.17, 15) is 22.8 Å². The summed E-state index contributed by atoms with van der Waals surface area (Å²) < 4.78 is 42.8. The largest absolute Gasteiger partial charge is 0.483 e. The van der Waals surface area contributed by atoms with Crippen LogP contribution in [0.1, 0.15) is 24.8 Å². The lowest BCUT2D eigenvalue weighted by Crippen LogP contribution is -2.40. The van der Waals surface area contributed by atoms with Crippen molar-refractivity contribution < 1.29 is 27.5 Å². The third-order valence-electron chi connectivity index (χ3n) is 3.55. The Kier molecular flexibility index (Phi) is 5.48. The number of carbonyl (C=O) groups excluding carboxylic acids is 2. The van der Waals surface area contributed by atoms with Crippen molar-refractivity contribution in [3.63, 3.8) is 0 Å². The van der Waals surface area contributed by atoms with Crippen LogP contribution >= 0.6 is 0 Å². The van der Waals surface area contributed by atoms with Gasteiger partial charge >= 0.3 is 6.18 Å². The molecule has 1 aromatic rings. The van der Waals surface area contributed by atoms with Gasteiger partial charge in [-0.25, -0.2) is 0 Å². The minimum Gasteiger partial charge on any atom is -0.483 e. The lowest BCUT2D eigenvalue weighted by atomic mass is 10.1. The number of rotatable bonds is 6. The molecule has 0 spiro atoms. The topological polar surface area (TPSA) is 67.4 Å². The molecule has 0 unspecified atom stereocenters. The first kappa shape index (κ1) is 17.8. The molecule has 0 saturated carbocycles. The van der Waals surface area contributed by atoms with E-state index in [4.69, 9.17) is 4.74 Å². The molecule has 2 N–H and O–H groups in total. The molecular weight excluding hydrogens is 325 g/mol. The molecule has 24 heavy (non-hydrogen) atoms. The second kappa shape index (κ2) is 7.37. The van der Waals surface area contributed by atoms with Crippen molar-refractivity contribution in [3.05, 3.63) is 41.1 Å². The van der Waals surface area contributed by atoms with Crippen molar-refractivity contribution in [2.24, 2.45) is 0 Å². The van der Waals surface area contributed by atoms with Gasteiger partial charge in [-0.3, -0.25) is 15.0 Å². The first-order valence-corrected chi connectivity index (χ1v) is 7.36. The zero-order valence-corrected chi connectivity index (χ0v) is 13.0. The summed E-state index contributed by atoms with van der Waals surface area (Å²) in [5, 5.41) is 0. The number of aryl methyl sites for hydroxylation is 1. The van der Waals surface area contributed by atoms with E-state index in [1.165, 1.54) is 0 Å². The third kappa shape index (κ3) is 4.50. The van der Waals surface area contributed by atoms with Crippen LogP contribution in [0.3, 0.4) is 0 Å². The highest BCUT2D eigenvalue weighted by atomic mass is 19.4. The van der Waals surface area contributed by atoms with E-state index < -0.39 is 17.9 Å². The van der Waals surface area contributed by atoms with Gasteiger partial charge in [-0.05, 0) is 37.8 Å². The molecule has 0 saturated heterocycles. The lowest BCUT2D eigenvalue weighted by molar-refractivity contribution is -0.166. The van der Waals surface area contributed by atoms with Crippen molar-refractivity contribution >= 4 is 11.7 Å². The van der Waals surface area contributed by atoms with Crippen LogP contribution < -0.4 is 15.6 Å². The average Bonchev–Trinajstić information content (AvgIpc) is 2.98. The summed E-state index contributed by atoms with van der Waals surface area (Å²) in [6.07, 6.45) is -4.17. The van der Waals surface area contributed by atoms with Crippen molar-refractivity contribution in [1.82, 2.24) is 10.9 Å². The lowest BCUT2D eigenvalue weighted by Gasteiger charge is -2.13. The Morgan fingerprint density at radius 1 is 1.21 bits per heavy atom. The molecule has 0 heterocycles. The molecule has 1 aliphatic carbocycles. The molecule has 2 rings (SSSR count). The number of hydrazine groups is 1. The maximum Gasteiger partial charge on any atom is 0.454 e. The number of nitrogens with one attached hydrogen (secondary N) is 2. The standard InChI is InChI=1S/C16H17F3N2O3/c1-10-5-2-3-8-13(10)24-9-14(22)21-20-12-7-4-6-11(12)15(23)16(17,18)19/h2-3,5,8,20H,4,6-7,9H2,1H3,(H,21,22). The van der Waals surface area contributed by atoms with Gasteiger partial charge in [0.1, 0.15) is 5.75 Å². The number of alkyl halides is 3. The number of amides is 1. The van der Waals surface area contributed by atoms with Crippen LogP contribution in [0.5, 0.6) is 5.75 Å². The van der Waals surface area contributed by atoms with Gasteiger partial charge in [-0.2, -0.15) is 13.2 Å². The number of ether oxygens (including phenoxy) is 1. The number of benzene rings is 1. The van der Waals surface area contributed by atoms with Crippen LogP contribution in [-0.4, -0.2) is 24.5 Å². The first-order chi connectivity index (χ1) is 11.3. The van der Waals surface area contributed by atoms with Crippen molar-refractivity contribution in [2.45, 2.75) is 32.4 Å². The van der Waals surface area contributed by atoms with E-state index >= 15 is 0 Å². The Bertz CT molecular complexity index is 669. The second-order valence-corrected chi connectivity index (χ2v) is 5.36. The number of ketones is 1. The molecule has 0 aliphatic heterocycles. The predicted octanol–water partition coefficient (Wildman–Crippen LogP) is 2.56. The molecule has 0 fully saturated rings. The molecule has 130 valence electrons. The Morgan fingerprint density at radius 3 is 2.58 bits per heavy atom. The zero-order valence-electron chi connectivity index (χ0n) is 13.0. The van der Waals surface area contributed by atoms with E-state index in [1.807, 2.05) is 19.1 Å². The highest BCUT2D eigenvalue weighted by molar-refractivity contribution is 6.00. The Labute approximate surface area is 136 Å². The molecule has 1 amide bonds. The Hall–Kier alpha value is -2.51. The van der Waals surface area contributed by atoms with Gasteiger partial charge in [0.25, 0.3) is 11.7 Å². The van der Waals surface area contributed by atoms with E-state index in [0.717, 1.165) is 5.56 Å². The van der Waals surface area contributed by atoms with Crippen molar-refractivity contribution in [2.75, 3.05) is 6.61 Å². The molecule has 0 radical (unpaired) electrons.